The summed E-state index contributed by atoms with van der Waals surface area (Å²) in [6, 6.07) is 0. The van der Waals surface area contributed by atoms with Gasteiger partial charge in [-0.15, -0.1) is 11.3 Å². The van der Waals surface area contributed by atoms with E-state index in [-0.39, 0.29) is 0 Å². The van der Waals surface area contributed by atoms with Crippen LogP contribution in [0.4, 0.5) is 0 Å². The summed E-state index contributed by atoms with van der Waals surface area (Å²) in [4.78, 5) is 13.0. The summed E-state index contributed by atoms with van der Waals surface area (Å²) in [5.74, 6) is 1.79. The molecule has 2 N–H and O–H groups in total. The Morgan fingerprint density at radius 1 is 1.35 bits per heavy atom. The number of thiazole rings is 1. The van der Waals surface area contributed by atoms with E-state index in [0.29, 0.717) is 6.54 Å². The second-order valence-corrected chi connectivity index (χ2v) is 7.42. The standard InChI is InChI=1S/C17H31N5S/c1-4-15-12-20-16(23-15)13-21-17(18-5-2)19-8-11-22-9-6-14(3)7-10-22/h12,14H,4-11,13H2,1-3H3,(H2,18,19,21). The van der Waals surface area contributed by atoms with Crippen molar-refractivity contribution in [1.82, 2.24) is 20.5 Å². The molecule has 1 aliphatic rings. The molecular weight excluding hydrogens is 306 g/mol. The average Bonchev–Trinajstić information content (AvgIpc) is 3.02. The van der Waals surface area contributed by atoms with Crippen LogP contribution in [0.2, 0.25) is 0 Å². The molecule has 5 nitrogen and oxygen atoms in total. The maximum absolute atomic E-state index is 4.65. The highest BCUT2D eigenvalue weighted by Gasteiger charge is 2.14. The molecule has 0 atom stereocenters. The maximum atomic E-state index is 4.65. The Labute approximate surface area is 144 Å². The summed E-state index contributed by atoms with van der Waals surface area (Å²) in [5, 5.41) is 7.85. The van der Waals surface area contributed by atoms with Gasteiger partial charge in [0.1, 0.15) is 5.01 Å². The molecule has 0 spiro atoms. The minimum atomic E-state index is 0.654. The van der Waals surface area contributed by atoms with E-state index in [9.17, 15) is 0 Å². The molecule has 2 rings (SSSR count). The highest BCUT2D eigenvalue weighted by atomic mass is 32.1. The van der Waals surface area contributed by atoms with Gasteiger partial charge in [0.25, 0.3) is 0 Å². The van der Waals surface area contributed by atoms with Gasteiger partial charge in [-0.1, -0.05) is 13.8 Å². The summed E-state index contributed by atoms with van der Waals surface area (Å²) >= 11 is 1.76. The smallest absolute Gasteiger partial charge is 0.191 e. The van der Waals surface area contributed by atoms with E-state index in [1.54, 1.807) is 11.3 Å². The van der Waals surface area contributed by atoms with E-state index in [1.807, 2.05) is 6.20 Å². The first-order valence-electron chi connectivity index (χ1n) is 8.89. The molecule has 0 radical (unpaired) electrons. The largest absolute Gasteiger partial charge is 0.357 e. The zero-order valence-electron chi connectivity index (χ0n) is 14.8. The van der Waals surface area contributed by atoms with Gasteiger partial charge in [0.15, 0.2) is 5.96 Å². The lowest BCUT2D eigenvalue weighted by Crippen LogP contribution is -2.43. The highest BCUT2D eigenvalue weighted by Crippen LogP contribution is 2.15. The van der Waals surface area contributed by atoms with Crippen molar-refractivity contribution in [3.8, 4) is 0 Å². The quantitative estimate of drug-likeness (QED) is 0.593. The lowest BCUT2D eigenvalue weighted by Gasteiger charge is -2.30. The molecule has 1 saturated heterocycles. The number of hydrogen-bond donors (Lipinski definition) is 2. The van der Waals surface area contributed by atoms with Crippen molar-refractivity contribution >= 4 is 17.3 Å². The van der Waals surface area contributed by atoms with Crippen LogP contribution in [-0.2, 0) is 13.0 Å². The summed E-state index contributed by atoms with van der Waals surface area (Å²) in [5.41, 5.74) is 0. The van der Waals surface area contributed by atoms with Crippen molar-refractivity contribution in [3.05, 3.63) is 16.1 Å². The number of aliphatic imine (C=N–C) groups is 1. The summed E-state index contributed by atoms with van der Waals surface area (Å²) < 4.78 is 0. The van der Waals surface area contributed by atoms with Gasteiger partial charge in [0.05, 0.1) is 6.54 Å². The molecule has 0 unspecified atom stereocenters. The van der Waals surface area contributed by atoms with E-state index in [4.69, 9.17) is 0 Å². The van der Waals surface area contributed by atoms with Crippen molar-refractivity contribution in [3.63, 3.8) is 0 Å². The minimum absolute atomic E-state index is 0.654. The van der Waals surface area contributed by atoms with Crippen LogP contribution < -0.4 is 10.6 Å². The van der Waals surface area contributed by atoms with Gasteiger partial charge in [0, 0.05) is 30.7 Å². The van der Waals surface area contributed by atoms with E-state index < -0.39 is 0 Å². The normalized spacial score (nSPS) is 17.4. The molecule has 130 valence electrons. The Hall–Kier alpha value is -1.14. The molecular formula is C17H31N5S. The summed E-state index contributed by atoms with van der Waals surface area (Å²) in [7, 11) is 0. The number of piperidine rings is 1. The molecule has 1 fully saturated rings. The fraction of sp³-hybridized carbons (Fsp3) is 0.765. The van der Waals surface area contributed by atoms with Crippen molar-refractivity contribution in [2.24, 2.45) is 10.9 Å². The monoisotopic (exact) mass is 337 g/mol. The number of nitrogens with one attached hydrogen (secondary N) is 2. The molecule has 1 aromatic heterocycles. The molecule has 0 aromatic carbocycles. The van der Waals surface area contributed by atoms with Crippen LogP contribution >= 0.6 is 11.3 Å². The van der Waals surface area contributed by atoms with E-state index in [2.05, 4.69) is 46.3 Å². The van der Waals surface area contributed by atoms with E-state index >= 15 is 0 Å². The van der Waals surface area contributed by atoms with Crippen molar-refractivity contribution in [2.75, 3.05) is 32.7 Å². The number of hydrogen-bond acceptors (Lipinski definition) is 4. The number of aromatic nitrogens is 1. The molecule has 0 amide bonds. The van der Waals surface area contributed by atoms with Crippen molar-refractivity contribution < 1.29 is 0 Å². The zero-order valence-corrected chi connectivity index (χ0v) is 15.6. The Kier molecular flexibility index (Phi) is 7.82. The minimum Gasteiger partial charge on any atom is -0.357 e. The molecule has 0 saturated carbocycles. The predicted molar refractivity (Wildman–Crippen MR) is 99.1 cm³/mol. The topological polar surface area (TPSA) is 52.6 Å². The first-order chi connectivity index (χ1) is 11.2. The second-order valence-electron chi connectivity index (χ2n) is 6.22. The lowest BCUT2D eigenvalue weighted by atomic mass is 9.99. The Balaban J connectivity index is 1.75. The third-order valence-corrected chi connectivity index (χ3v) is 5.39. The maximum Gasteiger partial charge on any atom is 0.191 e. The van der Waals surface area contributed by atoms with E-state index in [1.165, 1.54) is 30.8 Å². The van der Waals surface area contributed by atoms with Crippen LogP contribution in [0.1, 0.15) is 43.5 Å². The molecule has 0 bridgehead atoms. The van der Waals surface area contributed by atoms with Crippen LogP contribution in [-0.4, -0.2) is 48.6 Å². The van der Waals surface area contributed by atoms with Crippen LogP contribution in [0.3, 0.4) is 0 Å². The first-order valence-corrected chi connectivity index (χ1v) is 9.71. The molecule has 1 aromatic rings. The molecule has 1 aliphatic heterocycles. The van der Waals surface area contributed by atoms with Crippen LogP contribution in [0.25, 0.3) is 0 Å². The van der Waals surface area contributed by atoms with Crippen molar-refractivity contribution in [1.29, 1.82) is 0 Å². The molecule has 23 heavy (non-hydrogen) atoms. The predicted octanol–water partition coefficient (Wildman–Crippen LogP) is 2.49. The van der Waals surface area contributed by atoms with Gasteiger partial charge in [-0.25, -0.2) is 9.98 Å². The van der Waals surface area contributed by atoms with Crippen molar-refractivity contribution in [2.45, 2.75) is 46.6 Å². The van der Waals surface area contributed by atoms with Crippen LogP contribution in [0.5, 0.6) is 0 Å². The third kappa shape index (κ3) is 6.47. The van der Waals surface area contributed by atoms with Crippen LogP contribution in [0, 0.1) is 5.92 Å². The fourth-order valence-electron chi connectivity index (χ4n) is 2.69. The summed E-state index contributed by atoms with van der Waals surface area (Å²) in [6.45, 7) is 12.6. The highest BCUT2D eigenvalue weighted by molar-refractivity contribution is 7.11. The first kappa shape index (κ1) is 18.2. The molecule has 0 aliphatic carbocycles. The summed E-state index contributed by atoms with van der Waals surface area (Å²) in [6.07, 6.45) is 5.68. The zero-order chi connectivity index (χ0) is 16.5. The fourth-order valence-corrected chi connectivity index (χ4v) is 3.48. The van der Waals surface area contributed by atoms with Gasteiger partial charge in [-0.3, -0.25) is 0 Å². The third-order valence-electron chi connectivity index (χ3n) is 4.26. The van der Waals surface area contributed by atoms with Gasteiger partial charge >= 0.3 is 0 Å². The van der Waals surface area contributed by atoms with Crippen LogP contribution in [0.15, 0.2) is 11.2 Å². The van der Waals surface area contributed by atoms with Gasteiger partial charge in [0.2, 0.25) is 0 Å². The van der Waals surface area contributed by atoms with Gasteiger partial charge in [-0.05, 0) is 45.2 Å². The van der Waals surface area contributed by atoms with Gasteiger partial charge < -0.3 is 15.5 Å². The average molecular weight is 338 g/mol. The lowest BCUT2D eigenvalue weighted by molar-refractivity contribution is 0.195. The number of rotatable bonds is 7. The number of aryl methyl sites for hydroxylation is 1. The number of guanidine groups is 1. The Bertz CT molecular complexity index is 477. The Morgan fingerprint density at radius 2 is 2.13 bits per heavy atom. The molecule has 2 heterocycles. The molecule has 6 heteroatoms. The SMILES string of the molecule is CCNC(=NCc1ncc(CC)s1)NCCN1CCC(C)CC1. The van der Waals surface area contributed by atoms with E-state index in [0.717, 1.165) is 42.9 Å². The second kappa shape index (κ2) is 9.88. The van der Waals surface area contributed by atoms with Gasteiger partial charge in [-0.2, -0.15) is 0 Å². The number of likely N-dealkylation sites (tertiary alicyclic amines) is 1. The number of nitrogens with zero attached hydrogens (tertiary/aromatic N) is 3. The Morgan fingerprint density at radius 3 is 2.78 bits per heavy atom.